The molecule has 0 aliphatic carbocycles. The molecular weight excluding hydrogens is 294 g/mol. The average Bonchev–Trinajstić information content (AvgIpc) is 2.46. The van der Waals surface area contributed by atoms with Gasteiger partial charge in [-0.15, -0.1) is 0 Å². The third kappa shape index (κ3) is 18.0. The number of nitrogens with zero attached hydrogens (tertiary/aromatic N) is 1. The minimum atomic E-state index is 0.335. The minimum absolute atomic E-state index is 0.335. The molecule has 23 heavy (non-hydrogen) atoms. The fourth-order valence-corrected chi connectivity index (χ4v) is 1.61. The van der Waals surface area contributed by atoms with Crippen molar-refractivity contribution >= 4 is 0 Å². The van der Waals surface area contributed by atoms with Crippen LogP contribution in [0.2, 0.25) is 0 Å². The zero-order valence-electron chi connectivity index (χ0n) is 16.4. The van der Waals surface area contributed by atoms with E-state index in [1.54, 1.807) is 0 Å². The lowest BCUT2D eigenvalue weighted by molar-refractivity contribution is -0.888. The van der Waals surface area contributed by atoms with Gasteiger partial charge in [-0.2, -0.15) is 0 Å². The van der Waals surface area contributed by atoms with Gasteiger partial charge in [0.25, 0.3) is 0 Å². The van der Waals surface area contributed by atoms with Gasteiger partial charge in [0.2, 0.25) is 0 Å². The van der Waals surface area contributed by atoms with Gasteiger partial charge in [0.1, 0.15) is 6.54 Å². The van der Waals surface area contributed by atoms with Crippen LogP contribution < -0.4 is 0 Å². The van der Waals surface area contributed by atoms with Crippen molar-refractivity contribution in [2.75, 3.05) is 80.0 Å². The summed E-state index contributed by atoms with van der Waals surface area (Å²) in [6.45, 7) is 16.4. The van der Waals surface area contributed by atoms with Gasteiger partial charge in [-0.1, -0.05) is 20.8 Å². The van der Waals surface area contributed by atoms with Gasteiger partial charge in [-0.3, -0.25) is 0 Å². The first kappa shape index (κ1) is 22.8. The number of rotatable bonds is 15. The molecule has 0 aromatic heterocycles. The molecule has 0 heterocycles. The lowest BCUT2D eigenvalue weighted by atomic mass is 9.93. The molecule has 0 radical (unpaired) electrons. The zero-order valence-corrected chi connectivity index (χ0v) is 16.4. The van der Waals surface area contributed by atoms with Gasteiger partial charge < -0.3 is 23.4 Å². The maximum absolute atomic E-state index is 5.57. The second kappa shape index (κ2) is 13.1. The summed E-state index contributed by atoms with van der Waals surface area (Å²) in [5.74, 6) is 0. The summed E-state index contributed by atoms with van der Waals surface area (Å²) in [4.78, 5) is 0. The largest absolute Gasteiger partial charge is 0.379 e. The smallest absolute Gasteiger partial charge is 0.102 e. The monoisotopic (exact) mass is 334 g/mol. The molecular formula is C18H40NO4+. The number of hydrogen-bond acceptors (Lipinski definition) is 4. The molecule has 0 spiro atoms. The van der Waals surface area contributed by atoms with Crippen molar-refractivity contribution in [2.24, 2.45) is 5.41 Å². The molecule has 0 saturated heterocycles. The molecule has 0 aliphatic heterocycles. The Balaban J connectivity index is 3.14. The van der Waals surface area contributed by atoms with Crippen LogP contribution in [0.15, 0.2) is 0 Å². The first-order chi connectivity index (χ1) is 10.8. The molecule has 0 rings (SSSR count). The fourth-order valence-electron chi connectivity index (χ4n) is 1.61. The summed E-state index contributed by atoms with van der Waals surface area (Å²) in [7, 11) is 4.42. The molecule has 0 N–H and O–H groups in total. The third-order valence-corrected chi connectivity index (χ3v) is 3.81. The Bertz CT molecular complexity index is 264. The normalized spacial score (nSPS) is 12.8. The van der Waals surface area contributed by atoms with Gasteiger partial charge in [0.15, 0.2) is 0 Å². The van der Waals surface area contributed by atoms with Crippen LogP contribution in [0.4, 0.5) is 0 Å². The average molecular weight is 335 g/mol. The topological polar surface area (TPSA) is 36.9 Å². The Morgan fingerprint density at radius 1 is 0.652 bits per heavy atom. The highest BCUT2D eigenvalue weighted by Gasteiger charge is 2.10. The fraction of sp³-hybridized carbons (Fsp3) is 1.00. The second-order valence-corrected chi connectivity index (χ2v) is 7.74. The van der Waals surface area contributed by atoms with E-state index in [1.165, 1.54) is 0 Å². The van der Waals surface area contributed by atoms with E-state index >= 15 is 0 Å². The summed E-state index contributed by atoms with van der Waals surface area (Å²) in [6.07, 6.45) is 1.07. The van der Waals surface area contributed by atoms with E-state index in [1.807, 2.05) is 0 Å². The number of hydrogen-bond donors (Lipinski definition) is 0. The van der Waals surface area contributed by atoms with Crippen LogP contribution >= 0.6 is 0 Å². The quantitative estimate of drug-likeness (QED) is 0.341. The number of quaternary nitrogens is 1. The lowest BCUT2D eigenvalue weighted by Crippen LogP contribution is -2.42. The van der Waals surface area contributed by atoms with E-state index in [2.05, 4.69) is 41.8 Å². The van der Waals surface area contributed by atoms with E-state index in [0.717, 1.165) is 37.2 Å². The predicted octanol–water partition coefficient (Wildman–Crippen LogP) is 2.59. The summed E-state index contributed by atoms with van der Waals surface area (Å²) in [5.41, 5.74) is 0.335. The van der Waals surface area contributed by atoms with Gasteiger partial charge in [-0.05, 0) is 18.8 Å². The first-order valence-electron chi connectivity index (χ1n) is 8.90. The van der Waals surface area contributed by atoms with Crippen molar-refractivity contribution in [3.05, 3.63) is 0 Å². The van der Waals surface area contributed by atoms with Gasteiger partial charge >= 0.3 is 0 Å². The molecule has 0 amide bonds. The minimum Gasteiger partial charge on any atom is -0.379 e. The molecule has 0 aromatic rings. The Morgan fingerprint density at radius 2 is 1.04 bits per heavy atom. The van der Waals surface area contributed by atoms with Crippen molar-refractivity contribution in [2.45, 2.75) is 34.1 Å². The van der Waals surface area contributed by atoms with Crippen LogP contribution in [0.5, 0.6) is 0 Å². The van der Waals surface area contributed by atoms with E-state index in [4.69, 9.17) is 18.9 Å². The van der Waals surface area contributed by atoms with E-state index in [9.17, 15) is 0 Å². The Labute approximate surface area is 143 Å². The molecule has 140 valence electrons. The summed E-state index contributed by atoms with van der Waals surface area (Å²) >= 11 is 0. The van der Waals surface area contributed by atoms with E-state index < -0.39 is 0 Å². The van der Waals surface area contributed by atoms with Crippen LogP contribution in [0.3, 0.4) is 0 Å². The third-order valence-electron chi connectivity index (χ3n) is 3.81. The SMILES string of the molecule is CC[N+](C)(C)CCOCCOCCOCCOCCC(C)(C)C. The molecule has 0 aliphatic rings. The lowest BCUT2D eigenvalue weighted by Gasteiger charge is -2.27. The van der Waals surface area contributed by atoms with Crippen LogP contribution in [-0.2, 0) is 18.9 Å². The van der Waals surface area contributed by atoms with Crippen LogP contribution in [0.1, 0.15) is 34.1 Å². The van der Waals surface area contributed by atoms with Crippen molar-refractivity contribution in [3.63, 3.8) is 0 Å². The molecule has 0 unspecified atom stereocenters. The molecule has 0 saturated carbocycles. The van der Waals surface area contributed by atoms with Gasteiger partial charge in [0.05, 0.1) is 66.9 Å². The molecule has 0 atom stereocenters. The molecule has 0 bridgehead atoms. The highest BCUT2D eigenvalue weighted by atomic mass is 16.6. The molecule has 5 nitrogen and oxygen atoms in total. The Hall–Kier alpha value is -0.200. The summed E-state index contributed by atoms with van der Waals surface area (Å²) in [6, 6.07) is 0. The van der Waals surface area contributed by atoms with Crippen molar-refractivity contribution in [1.29, 1.82) is 0 Å². The van der Waals surface area contributed by atoms with E-state index in [0.29, 0.717) is 45.1 Å². The predicted molar refractivity (Wildman–Crippen MR) is 94.9 cm³/mol. The van der Waals surface area contributed by atoms with Crippen LogP contribution in [-0.4, -0.2) is 84.5 Å². The Morgan fingerprint density at radius 3 is 1.43 bits per heavy atom. The zero-order chi connectivity index (χ0) is 17.6. The summed E-state index contributed by atoms with van der Waals surface area (Å²) in [5, 5.41) is 0. The summed E-state index contributed by atoms with van der Waals surface area (Å²) < 4.78 is 23.0. The number of likely N-dealkylation sites (N-methyl/N-ethyl adjacent to an activating group) is 1. The highest BCUT2D eigenvalue weighted by Crippen LogP contribution is 2.17. The van der Waals surface area contributed by atoms with E-state index in [-0.39, 0.29) is 0 Å². The number of ether oxygens (including phenoxy) is 4. The standard InChI is InChI=1S/C18H40NO4/c1-7-19(5,6)9-11-21-13-15-23-17-16-22-14-12-20-10-8-18(2,3)4/h7-17H2,1-6H3/q+1. The maximum Gasteiger partial charge on any atom is 0.102 e. The Kier molecular flexibility index (Phi) is 13.0. The molecule has 5 heteroatoms. The highest BCUT2D eigenvalue weighted by molar-refractivity contribution is 4.59. The van der Waals surface area contributed by atoms with Crippen molar-refractivity contribution in [3.8, 4) is 0 Å². The van der Waals surface area contributed by atoms with Crippen LogP contribution in [0, 0.1) is 5.41 Å². The second-order valence-electron chi connectivity index (χ2n) is 7.74. The van der Waals surface area contributed by atoms with Gasteiger partial charge in [-0.25, -0.2) is 0 Å². The van der Waals surface area contributed by atoms with Crippen molar-refractivity contribution in [1.82, 2.24) is 0 Å². The van der Waals surface area contributed by atoms with Crippen molar-refractivity contribution < 1.29 is 23.4 Å². The molecule has 0 fully saturated rings. The maximum atomic E-state index is 5.57. The molecule has 0 aromatic carbocycles. The van der Waals surface area contributed by atoms with Gasteiger partial charge in [0, 0.05) is 6.61 Å². The van der Waals surface area contributed by atoms with Crippen LogP contribution in [0.25, 0.3) is 0 Å². The first-order valence-corrected chi connectivity index (χ1v) is 8.90.